The van der Waals surface area contributed by atoms with E-state index < -0.39 is 0 Å². The highest BCUT2D eigenvalue weighted by atomic mass is 32.1. The Morgan fingerprint density at radius 1 is 1.50 bits per heavy atom. The normalized spacial score (nSPS) is 22.8. The number of nitrogens with zero attached hydrogens (tertiary/aromatic N) is 1. The van der Waals surface area contributed by atoms with Gasteiger partial charge in [-0.25, -0.2) is 0 Å². The topological polar surface area (TPSA) is 29.3 Å². The molecular weight excluding hydrogens is 240 g/mol. The van der Waals surface area contributed by atoms with E-state index >= 15 is 0 Å². The zero-order chi connectivity index (χ0) is 13.3. The summed E-state index contributed by atoms with van der Waals surface area (Å²) in [5.74, 6) is 0. The summed E-state index contributed by atoms with van der Waals surface area (Å²) in [6, 6.07) is 3.14. The molecule has 0 aliphatic carbocycles. The van der Waals surface area contributed by atoms with E-state index in [1.165, 1.54) is 18.5 Å². The molecule has 2 heterocycles. The molecule has 2 atom stereocenters. The molecule has 18 heavy (non-hydrogen) atoms. The lowest BCUT2D eigenvalue weighted by Gasteiger charge is -2.36. The van der Waals surface area contributed by atoms with Crippen LogP contribution >= 0.6 is 11.3 Å². The largest absolute Gasteiger partial charge is 0.327 e. The van der Waals surface area contributed by atoms with Crippen molar-refractivity contribution in [1.82, 2.24) is 4.90 Å². The van der Waals surface area contributed by atoms with Crippen LogP contribution < -0.4 is 5.73 Å². The van der Waals surface area contributed by atoms with Crippen LogP contribution in [-0.4, -0.2) is 24.0 Å². The van der Waals surface area contributed by atoms with Crippen LogP contribution in [-0.2, 0) is 6.42 Å². The van der Waals surface area contributed by atoms with Crippen LogP contribution in [0.3, 0.4) is 0 Å². The summed E-state index contributed by atoms with van der Waals surface area (Å²) in [5, 5.41) is 2.23. The molecule has 1 aromatic rings. The zero-order valence-corrected chi connectivity index (χ0v) is 12.9. The van der Waals surface area contributed by atoms with Crippen LogP contribution in [0.1, 0.15) is 50.6 Å². The van der Waals surface area contributed by atoms with E-state index in [0.29, 0.717) is 6.04 Å². The van der Waals surface area contributed by atoms with Crippen molar-refractivity contribution in [2.24, 2.45) is 11.1 Å². The summed E-state index contributed by atoms with van der Waals surface area (Å²) in [6.45, 7) is 11.3. The molecule has 0 bridgehead atoms. The average Bonchev–Trinajstić information content (AvgIpc) is 2.75. The van der Waals surface area contributed by atoms with Crippen LogP contribution in [0.2, 0.25) is 0 Å². The molecular formula is C15H26N2S. The molecule has 2 N–H and O–H groups in total. The highest BCUT2D eigenvalue weighted by Gasteiger charge is 2.26. The third-order valence-electron chi connectivity index (χ3n) is 4.24. The third-order valence-corrected chi connectivity index (χ3v) is 5.24. The molecule has 0 radical (unpaired) electrons. The molecule has 1 aromatic heterocycles. The summed E-state index contributed by atoms with van der Waals surface area (Å²) in [6.07, 6.45) is 2.30. The van der Waals surface area contributed by atoms with E-state index in [1.54, 1.807) is 4.88 Å². The Morgan fingerprint density at radius 2 is 2.22 bits per heavy atom. The van der Waals surface area contributed by atoms with Crippen LogP contribution in [0.15, 0.2) is 11.4 Å². The van der Waals surface area contributed by atoms with Gasteiger partial charge in [0.05, 0.1) is 0 Å². The summed E-state index contributed by atoms with van der Waals surface area (Å²) in [5.41, 5.74) is 8.02. The molecule has 1 aliphatic heterocycles. The lowest BCUT2D eigenvalue weighted by Crippen LogP contribution is -2.41. The van der Waals surface area contributed by atoms with Gasteiger partial charge in [-0.15, -0.1) is 11.3 Å². The van der Waals surface area contributed by atoms with Crippen LogP contribution in [0, 0.1) is 5.41 Å². The summed E-state index contributed by atoms with van der Waals surface area (Å²) < 4.78 is 0. The maximum Gasteiger partial charge on any atom is 0.0331 e. The Labute approximate surface area is 115 Å². The van der Waals surface area contributed by atoms with Gasteiger partial charge in [0, 0.05) is 30.1 Å². The van der Waals surface area contributed by atoms with Crippen molar-refractivity contribution in [3.63, 3.8) is 0 Å². The number of thiophene rings is 1. The lowest BCUT2D eigenvalue weighted by molar-refractivity contribution is 0.176. The molecule has 0 saturated carbocycles. The van der Waals surface area contributed by atoms with Gasteiger partial charge in [-0.05, 0) is 42.2 Å². The number of fused-ring (bicyclic) bond motifs is 1. The van der Waals surface area contributed by atoms with Crippen LogP contribution in [0.4, 0.5) is 0 Å². The van der Waals surface area contributed by atoms with Crippen molar-refractivity contribution in [2.75, 3.05) is 13.1 Å². The second kappa shape index (κ2) is 5.32. The standard InChI is InChI=1S/C15H26N2S/c1-11-12-7-10-18-13(12)5-8-17(11)9-6-14(16)15(2,3)4/h7,10-11,14H,5-6,8-9,16H2,1-4H3. The molecule has 102 valence electrons. The summed E-state index contributed by atoms with van der Waals surface area (Å²) >= 11 is 1.91. The molecule has 0 aromatic carbocycles. The van der Waals surface area contributed by atoms with Gasteiger partial charge in [0.25, 0.3) is 0 Å². The molecule has 2 rings (SSSR count). The number of hydrogen-bond acceptors (Lipinski definition) is 3. The minimum atomic E-state index is 0.215. The van der Waals surface area contributed by atoms with E-state index in [9.17, 15) is 0 Å². The second-order valence-corrected chi connectivity index (χ2v) is 7.52. The minimum Gasteiger partial charge on any atom is -0.327 e. The first-order valence-corrected chi connectivity index (χ1v) is 7.83. The summed E-state index contributed by atoms with van der Waals surface area (Å²) in [4.78, 5) is 4.17. The van der Waals surface area contributed by atoms with Gasteiger partial charge in [-0.3, -0.25) is 4.90 Å². The first-order valence-electron chi connectivity index (χ1n) is 6.95. The third kappa shape index (κ3) is 2.95. The van der Waals surface area contributed by atoms with Crippen molar-refractivity contribution in [2.45, 2.75) is 52.6 Å². The monoisotopic (exact) mass is 266 g/mol. The van der Waals surface area contributed by atoms with E-state index in [0.717, 1.165) is 13.0 Å². The SMILES string of the molecule is CC1c2ccsc2CCN1CCC(N)C(C)(C)C. The Morgan fingerprint density at radius 3 is 2.89 bits per heavy atom. The van der Waals surface area contributed by atoms with Gasteiger partial charge in [0.1, 0.15) is 0 Å². The molecule has 3 heteroatoms. The number of rotatable bonds is 3. The first kappa shape index (κ1) is 14.0. The van der Waals surface area contributed by atoms with Gasteiger partial charge in [-0.1, -0.05) is 20.8 Å². The molecule has 2 nitrogen and oxygen atoms in total. The van der Waals surface area contributed by atoms with Crippen LogP contribution in [0.25, 0.3) is 0 Å². The van der Waals surface area contributed by atoms with E-state index in [1.807, 2.05) is 11.3 Å². The Bertz CT molecular complexity index is 391. The number of nitrogens with two attached hydrogens (primary N) is 1. The molecule has 0 spiro atoms. The van der Waals surface area contributed by atoms with Gasteiger partial charge in [0.2, 0.25) is 0 Å². The Hall–Kier alpha value is -0.380. The highest BCUT2D eigenvalue weighted by Crippen LogP contribution is 2.33. The average molecular weight is 266 g/mol. The van der Waals surface area contributed by atoms with Gasteiger partial charge < -0.3 is 5.73 Å². The van der Waals surface area contributed by atoms with Crippen molar-refractivity contribution in [3.8, 4) is 0 Å². The quantitative estimate of drug-likeness (QED) is 0.908. The zero-order valence-electron chi connectivity index (χ0n) is 12.1. The van der Waals surface area contributed by atoms with Crippen LogP contribution in [0.5, 0.6) is 0 Å². The van der Waals surface area contributed by atoms with E-state index in [-0.39, 0.29) is 11.5 Å². The molecule has 2 unspecified atom stereocenters. The molecule has 0 amide bonds. The Balaban J connectivity index is 1.93. The fourth-order valence-electron chi connectivity index (χ4n) is 2.60. The number of hydrogen-bond donors (Lipinski definition) is 1. The molecule has 0 saturated heterocycles. The fourth-order valence-corrected chi connectivity index (χ4v) is 3.57. The maximum atomic E-state index is 6.26. The molecule has 1 aliphatic rings. The predicted octanol–water partition coefficient (Wildman–Crippen LogP) is 3.43. The van der Waals surface area contributed by atoms with E-state index in [4.69, 9.17) is 5.73 Å². The smallest absolute Gasteiger partial charge is 0.0331 e. The Kier molecular flexibility index (Phi) is 4.15. The predicted molar refractivity (Wildman–Crippen MR) is 80.1 cm³/mol. The first-order chi connectivity index (χ1) is 8.39. The van der Waals surface area contributed by atoms with Gasteiger partial charge >= 0.3 is 0 Å². The fraction of sp³-hybridized carbons (Fsp3) is 0.733. The molecule has 0 fully saturated rings. The van der Waals surface area contributed by atoms with Crippen molar-refractivity contribution in [3.05, 3.63) is 21.9 Å². The van der Waals surface area contributed by atoms with Gasteiger partial charge in [-0.2, -0.15) is 0 Å². The highest BCUT2D eigenvalue weighted by molar-refractivity contribution is 7.10. The maximum absolute atomic E-state index is 6.26. The van der Waals surface area contributed by atoms with Crippen molar-refractivity contribution >= 4 is 11.3 Å². The minimum absolute atomic E-state index is 0.215. The van der Waals surface area contributed by atoms with E-state index in [2.05, 4.69) is 44.0 Å². The second-order valence-electron chi connectivity index (χ2n) is 6.52. The van der Waals surface area contributed by atoms with Gasteiger partial charge in [0.15, 0.2) is 0 Å². The lowest BCUT2D eigenvalue weighted by atomic mass is 9.85. The van der Waals surface area contributed by atoms with Crippen molar-refractivity contribution in [1.29, 1.82) is 0 Å². The summed E-state index contributed by atoms with van der Waals surface area (Å²) in [7, 11) is 0. The van der Waals surface area contributed by atoms with Crippen molar-refractivity contribution < 1.29 is 0 Å².